The molecule has 0 aliphatic carbocycles. The van der Waals surface area contributed by atoms with Crippen molar-refractivity contribution >= 4 is 11.7 Å². The van der Waals surface area contributed by atoms with Crippen LogP contribution in [0.15, 0.2) is 48.5 Å². The van der Waals surface area contributed by atoms with Gasteiger partial charge in [-0.2, -0.15) is 0 Å². The Kier molecular flexibility index (Phi) is 6.63. The molecule has 5 heteroatoms. The van der Waals surface area contributed by atoms with Gasteiger partial charge in [0.05, 0.1) is 19.8 Å². The van der Waals surface area contributed by atoms with Gasteiger partial charge in [0.25, 0.3) is 0 Å². The number of ether oxygens (including phenoxy) is 2. The van der Waals surface area contributed by atoms with Crippen LogP contribution in [0, 0.1) is 0 Å². The van der Waals surface area contributed by atoms with Crippen molar-refractivity contribution < 1.29 is 14.3 Å². The van der Waals surface area contributed by atoms with E-state index in [0.717, 1.165) is 24.2 Å². The van der Waals surface area contributed by atoms with E-state index in [1.54, 1.807) is 0 Å². The summed E-state index contributed by atoms with van der Waals surface area (Å²) >= 11 is 0. The summed E-state index contributed by atoms with van der Waals surface area (Å²) in [5.74, 6) is 0. The minimum atomic E-state index is -0.0612. The fraction of sp³-hybridized carbons (Fsp3) is 0.381. The predicted octanol–water partition coefficient (Wildman–Crippen LogP) is 3.83. The fourth-order valence-corrected chi connectivity index (χ4v) is 3.06. The van der Waals surface area contributed by atoms with Gasteiger partial charge in [-0.25, -0.2) is 4.79 Å². The summed E-state index contributed by atoms with van der Waals surface area (Å²) in [6.07, 6.45) is 0.900. The predicted molar refractivity (Wildman–Crippen MR) is 102 cm³/mol. The van der Waals surface area contributed by atoms with E-state index in [2.05, 4.69) is 23.5 Å². The molecule has 1 aliphatic heterocycles. The maximum Gasteiger partial charge on any atom is 0.322 e. The van der Waals surface area contributed by atoms with Crippen molar-refractivity contribution in [1.82, 2.24) is 4.90 Å². The van der Waals surface area contributed by atoms with Gasteiger partial charge in [-0.3, -0.25) is 0 Å². The largest absolute Gasteiger partial charge is 0.379 e. The Hall–Kier alpha value is -2.37. The van der Waals surface area contributed by atoms with E-state index in [1.165, 1.54) is 11.1 Å². The van der Waals surface area contributed by atoms with E-state index >= 15 is 0 Å². The van der Waals surface area contributed by atoms with E-state index in [4.69, 9.17) is 9.47 Å². The van der Waals surface area contributed by atoms with Crippen molar-refractivity contribution in [3.05, 3.63) is 65.2 Å². The molecule has 0 saturated heterocycles. The third-order valence-electron chi connectivity index (χ3n) is 4.44. The minimum Gasteiger partial charge on any atom is -0.379 e. The van der Waals surface area contributed by atoms with Gasteiger partial charge in [-0.1, -0.05) is 36.4 Å². The topological polar surface area (TPSA) is 50.8 Å². The van der Waals surface area contributed by atoms with E-state index in [0.29, 0.717) is 33.0 Å². The summed E-state index contributed by atoms with van der Waals surface area (Å²) < 4.78 is 10.8. The number of hydrogen-bond acceptors (Lipinski definition) is 3. The number of amides is 2. The minimum absolute atomic E-state index is 0.0612. The van der Waals surface area contributed by atoms with Gasteiger partial charge in [0, 0.05) is 25.4 Å². The molecule has 2 aromatic carbocycles. The molecule has 5 nitrogen and oxygen atoms in total. The maximum absolute atomic E-state index is 12.6. The van der Waals surface area contributed by atoms with Gasteiger partial charge in [0.2, 0.25) is 0 Å². The highest BCUT2D eigenvalue weighted by atomic mass is 16.5. The number of carbonyl (C=O) groups excluding carboxylic acids is 1. The van der Waals surface area contributed by atoms with Crippen molar-refractivity contribution in [3.8, 4) is 0 Å². The molecule has 138 valence electrons. The van der Waals surface area contributed by atoms with Crippen LogP contribution in [0.5, 0.6) is 0 Å². The molecule has 0 spiro atoms. The Labute approximate surface area is 154 Å². The van der Waals surface area contributed by atoms with E-state index in [1.807, 2.05) is 42.2 Å². The van der Waals surface area contributed by atoms with Crippen LogP contribution in [-0.4, -0.2) is 37.3 Å². The number of rotatable bonds is 7. The molecule has 2 aromatic rings. The zero-order valence-electron chi connectivity index (χ0n) is 15.2. The molecule has 0 bridgehead atoms. The molecule has 26 heavy (non-hydrogen) atoms. The molecule has 0 saturated carbocycles. The van der Waals surface area contributed by atoms with Gasteiger partial charge < -0.3 is 19.7 Å². The highest BCUT2D eigenvalue weighted by Gasteiger charge is 2.20. The molecule has 2 amide bonds. The van der Waals surface area contributed by atoms with Crippen molar-refractivity contribution in [2.45, 2.75) is 26.5 Å². The van der Waals surface area contributed by atoms with Crippen LogP contribution >= 0.6 is 0 Å². The molecule has 0 radical (unpaired) electrons. The smallest absolute Gasteiger partial charge is 0.322 e. The number of fused-ring (bicyclic) bond motifs is 1. The lowest BCUT2D eigenvalue weighted by molar-refractivity contribution is 0.0453. The highest BCUT2D eigenvalue weighted by molar-refractivity contribution is 5.89. The number of nitrogens with one attached hydrogen (secondary N) is 1. The van der Waals surface area contributed by atoms with Crippen LogP contribution in [-0.2, 0) is 29.0 Å². The molecule has 1 aliphatic rings. The van der Waals surface area contributed by atoms with Crippen molar-refractivity contribution in [2.75, 3.05) is 31.7 Å². The second-order valence-electron chi connectivity index (χ2n) is 6.32. The average molecular weight is 354 g/mol. The molecule has 0 unspecified atom stereocenters. The first-order valence-corrected chi connectivity index (χ1v) is 9.13. The first-order chi connectivity index (χ1) is 12.8. The normalized spacial score (nSPS) is 13.3. The molecule has 1 heterocycles. The standard InChI is InChI=1S/C21H26N2O3/c1-2-25-12-13-26-16-17-6-5-9-20(14-17)22-21(24)23-11-10-18-7-3-4-8-19(18)15-23/h3-9,14H,2,10-13,15-16H2,1H3,(H,22,24). The van der Waals surface area contributed by atoms with Gasteiger partial charge in [-0.15, -0.1) is 0 Å². The van der Waals surface area contributed by atoms with Crippen molar-refractivity contribution in [2.24, 2.45) is 0 Å². The molecule has 0 fully saturated rings. The van der Waals surface area contributed by atoms with Crippen molar-refractivity contribution in [1.29, 1.82) is 0 Å². The van der Waals surface area contributed by atoms with E-state index in [-0.39, 0.29) is 6.03 Å². The monoisotopic (exact) mass is 354 g/mol. The average Bonchev–Trinajstić information content (AvgIpc) is 2.68. The maximum atomic E-state index is 12.6. The van der Waals surface area contributed by atoms with Crippen LogP contribution < -0.4 is 5.32 Å². The summed E-state index contributed by atoms with van der Waals surface area (Å²) in [4.78, 5) is 14.4. The molecular formula is C21H26N2O3. The zero-order chi connectivity index (χ0) is 18.2. The van der Waals surface area contributed by atoms with Crippen LogP contribution in [0.1, 0.15) is 23.6 Å². The lowest BCUT2D eigenvalue weighted by Gasteiger charge is -2.29. The quantitative estimate of drug-likeness (QED) is 0.769. The van der Waals surface area contributed by atoms with Gasteiger partial charge in [-0.05, 0) is 42.2 Å². The Morgan fingerprint density at radius 2 is 1.88 bits per heavy atom. The van der Waals surface area contributed by atoms with Crippen LogP contribution in [0.3, 0.4) is 0 Å². The molecule has 0 atom stereocenters. The van der Waals surface area contributed by atoms with Gasteiger partial charge in [0.1, 0.15) is 0 Å². The first-order valence-electron chi connectivity index (χ1n) is 9.13. The summed E-state index contributed by atoms with van der Waals surface area (Å²) in [7, 11) is 0. The third-order valence-corrected chi connectivity index (χ3v) is 4.44. The second-order valence-corrected chi connectivity index (χ2v) is 6.32. The van der Waals surface area contributed by atoms with Crippen LogP contribution in [0.25, 0.3) is 0 Å². The van der Waals surface area contributed by atoms with E-state index in [9.17, 15) is 4.79 Å². The molecule has 1 N–H and O–H groups in total. The first kappa shape index (κ1) is 18.4. The molecular weight excluding hydrogens is 328 g/mol. The molecule has 3 rings (SSSR count). The van der Waals surface area contributed by atoms with E-state index < -0.39 is 0 Å². The summed E-state index contributed by atoms with van der Waals surface area (Å²) in [6.45, 7) is 5.74. The lowest BCUT2D eigenvalue weighted by atomic mass is 10.0. The number of nitrogens with zero attached hydrogens (tertiary/aromatic N) is 1. The number of hydrogen-bond donors (Lipinski definition) is 1. The Balaban J connectivity index is 1.52. The number of benzene rings is 2. The van der Waals surface area contributed by atoms with Gasteiger partial charge in [0.15, 0.2) is 0 Å². The third kappa shape index (κ3) is 5.07. The fourth-order valence-electron chi connectivity index (χ4n) is 3.06. The highest BCUT2D eigenvalue weighted by Crippen LogP contribution is 2.20. The Bertz CT molecular complexity index is 733. The second kappa shape index (κ2) is 9.36. The van der Waals surface area contributed by atoms with Crippen LogP contribution in [0.2, 0.25) is 0 Å². The zero-order valence-corrected chi connectivity index (χ0v) is 15.2. The molecule has 0 aromatic heterocycles. The van der Waals surface area contributed by atoms with Crippen LogP contribution in [0.4, 0.5) is 10.5 Å². The summed E-state index contributed by atoms with van der Waals surface area (Å²) in [6, 6.07) is 16.0. The number of carbonyl (C=O) groups is 1. The number of urea groups is 1. The lowest BCUT2D eigenvalue weighted by Crippen LogP contribution is -2.38. The number of anilines is 1. The van der Waals surface area contributed by atoms with Crippen molar-refractivity contribution in [3.63, 3.8) is 0 Å². The summed E-state index contributed by atoms with van der Waals surface area (Å²) in [5.41, 5.74) is 4.39. The Morgan fingerprint density at radius 1 is 1.08 bits per heavy atom. The summed E-state index contributed by atoms with van der Waals surface area (Å²) in [5, 5.41) is 3.00. The van der Waals surface area contributed by atoms with Gasteiger partial charge >= 0.3 is 6.03 Å². The Morgan fingerprint density at radius 3 is 2.73 bits per heavy atom. The SMILES string of the molecule is CCOCCOCc1cccc(NC(=O)N2CCc3ccccc3C2)c1.